The van der Waals surface area contributed by atoms with Crippen molar-refractivity contribution >= 4 is 45.8 Å². The van der Waals surface area contributed by atoms with Crippen LogP contribution in [0.15, 0.2) is 29.6 Å². The van der Waals surface area contributed by atoms with Gasteiger partial charge in [-0.25, -0.2) is 4.98 Å². The second kappa shape index (κ2) is 9.28. The van der Waals surface area contributed by atoms with Crippen LogP contribution in [0, 0.1) is 5.92 Å². The van der Waals surface area contributed by atoms with Crippen LogP contribution in [0.3, 0.4) is 0 Å². The summed E-state index contributed by atoms with van der Waals surface area (Å²) >= 11 is 1.28. The molecule has 29 heavy (non-hydrogen) atoms. The summed E-state index contributed by atoms with van der Waals surface area (Å²) in [6, 6.07) is 6.26. The zero-order valence-electron chi connectivity index (χ0n) is 15.7. The van der Waals surface area contributed by atoms with Crippen molar-refractivity contribution < 1.29 is 23.9 Å². The third-order valence-electron chi connectivity index (χ3n) is 4.12. The van der Waals surface area contributed by atoms with Gasteiger partial charge in [-0.1, -0.05) is 0 Å². The number of nitrogens with one attached hydrogen (secondary N) is 3. The molecule has 3 N–H and O–H groups in total. The van der Waals surface area contributed by atoms with E-state index in [4.69, 9.17) is 0 Å². The number of nitrogens with zero attached hydrogens (tertiary/aromatic N) is 1. The first-order chi connectivity index (χ1) is 13.9. The Bertz CT molecular complexity index is 921. The molecular formula is C19H20N4O5S. The maximum Gasteiger partial charge on any atom is 0.325 e. The Morgan fingerprint density at radius 1 is 1.14 bits per heavy atom. The number of benzene rings is 1. The van der Waals surface area contributed by atoms with E-state index in [0.29, 0.717) is 22.1 Å². The van der Waals surface area contributed by atoms with Gasteiger partial charge in [0.1, 0.15) is 6.54 Å². The Morgan fingerprint density at radius 2 is 1.86 bits per heavy atom. The van der Waals surface area contributed by atoms with Crippen molar-refractivity contribution in [3.8, 4) is 0 Å². The molecule has 0 aliphatic heterocycles. The van der Waals surface area contributed by atoms with Crippen LogP contribution in [0.25, 0.3) is 0 Å². The van der Waals surface area contributed by atoms with E-state index in [-0.39, 0.29) is 30.7 Å². The van der Waals surface area contributed by atoms with Crippen molar-refractivity contribution in [1.29, 1.82) is 0 Å². The number of rotatable bonds is 8. The summed E-state index contributed by atoms with van der Waals surface area (Å²) in [5.41, 5.74) is 1.44. The number of methoxy groups -OCH3 is 1. The average molecular weight is 416 g/mol. The minimum atomic E-state index is -0.542. The quantitative estimate of drug-likeness (QED) is 0.561. The Morgan fingerprint density at radius 3 is 2.52 bits per heavy atom. The van der Waals surface area contributed by atoms with Crippen LogP contribution < -0.4 is 16.0 Å². The molecule has 0 saturated heterocycles. The second-order valence-electron chi connectivity index (χ2n) is 6.47. The van der Waals surface area contributed by atoms with E-state index in [9.17, 15) is 19.2 Å². The summed E-state index contributed by atoms with van der Waals surface area (Å²) < 4.78 is 4.46. The monoisotopic (exact) mass is 416 g/mol. The number of amides is 3. The Hall–Kier alpha value is -3.27. The highest BCUT2D eigenvalue weighted by Crippen LogP contribution is 2.30. The average Bonchev–Trinajstić information content (AvgIpc) is 3.48. The fourth-order valence-corrected chi connectivity index (χ4v) is 3.11. The number of aromatic nitrogens is 1. The molecule has 1 aromatic heterocycles. The molecule has 10 heteroatoms. The Labute approximate surface area is 170 Å². The summed E-state index contributed by atoms with van der Waals surface area (Å²) in [5.74, 6) is -1.16. The molecule has 0 unspecified atom stereocenters. The highest BCUT2D eigenvalue weighted by molar-refractivity contribution is 7.13. The SMILES string of the molecule is COC(=O)CNC(=O)c1ccc(NC(=O)Cc2csc(NC(=O)C3CC3)n2)cc1. The van der Waals surface area contributed by atoms with Crippen LogP contribution in [0.2, 0.25) is 0 Å². The maximum absolute atomic E-state index is 12.2. The van der Waals surface area contributed by atoms with E-state index >= 15 is 0 Å². The summed E-state index contributed by atoms with van der Waals surface area (Å²) in [4.78, 5) is 51.2. The molecule has 0 spiro atoms. The number of carbonyl (C=O) groups excluding carboxylic acids is 4. The van der Waals surface area contributed by atoms with Crippen molar-refractivity contribution in [2.45, 2.75) is 19.3 Å². The van der Waals surface area contributed by atoms with Crippen LogP contribution in [0.5, 0.6) is 0 Å². The maximum atomic E-state index is 12.2. The molecule has 1 saturated carbocycles. The Kier molecular flexibility index (Phi) is 6.55. The number of hydrogen-bond donors (Lipinski definition) is 3. The van der Waals surface area contributed by atoms with E-state index in [1.165, 1.54) is 30.6 Å². The van der Waals surface area contributed by atoms with Crippen molar-refractivity contribution in [2.24, 2.45) is 5.92 Å². The van der Waals surface area contributed by atoms with Gasteiger partial charge in [0.05, 0.1) is 19.2 Å². The zero-order chi connectivity index (χ0) is 20.8. The van der Waals surface area contributed by atoms with Gasteiger partial charge in [-0.2, -0.15) is 0 Å². The predicted molar refractivity (Wildman–Crippen MR) is 107 cm³/mol. The van der Waals surface area contributed by atoms with Crippen LogP contribution in [0.4, 0.5) is 10.8 Å². The molecule has 1 aromatic carbocycles. The number of anilines is 2. The van der Waals surface area contributed by atoms with Gasteiger partial charge in [-0.3, -0.25) is 19.2 Å². The van der Waals surface area contributed by atoms with Gasteiger partial charge in [0.25, 0.3) is 5.91 Å². The van der Waals surface area contributed by atoms with E-state index < -0.39 is 11.9 Å². The van der Waals surface area contributed by atoms with Crippen LogP contribution >= 0.6 is 11.3 Å². The normalized spacial score (nSPS) is 12.7. The minimum Gasteiger partial charge on any atom is -0.468 e. The summed E-state index contributed by atoms with van der Waals surface area (Å²) in [7, 11) is 1.24. The number of esters is 1. The molecule has 3 rings (SSSR count). The number of carbonyl (C=O) groups is 4. The third kappa shape index (κ3) is 6.11. The fraction of sp³-hybridized carbons (Fsp3) is 0.316. The van der Waals surface area contributed by atoms with Gasteiger partial charge in [0.15, 0.2) is 5.13 Å². The summed E-state index contributed by atoms with van der Waals surface area (Å²) in [6.07, 6.45) is 1.90. The molecule has 152 valence electrons. The predicted octanol–water partition coefficient (Wildman–Crippen LogP) is 1.58. The lowest BCUT2D eigenvalue weighted by molar-refractivity contribution is -0.139. The number of ether oxygens (including phenoxy) is 1. The molecule has 0 bridgehead atoms. The first kappa shape index (κ1) is 20.5. The summed E-state index contributed by atoms with van der Waals surface area (Å²) in [5, 5.41) is 10.1. The van der Waals surface area contributed by atoms with Crippen molar-refractivity contribution in [1.82, 2.24) is 10.3 Å². The van der Waals surface area contributed by atoms with E-state index in [1.54, 1.807) is 17.5 Å². The molecule has 9 nitrogen and oxygen atoms in total. The van der Waals surface area contributed by atoms with E-state index in [1.807, 2.05) is 0 Å². The van der Waals surface area contributed by atoms with Gasteiger partial charge in [-0.15, -0.1) is 11.3 Å². The molecule has 2 aromatic rings. The van der Waals surface area contributed by atoms with Crippen molar-refractivity contribution in [3.05, 3.63) is 40.9 Å². The number of hydrogen-bond acceptors (Lipinski definition) is 7. The molecule has 1 heterocycles. The standard InChI is InChI=1S/C19H20N4O5S/c1-28-16(25)9-20-17(26)11-4-6-13(7-5-11)21-15(24)8-14-10-29-19(22-14)23-18(27)12-2-3-12/h4-7,10,12H,2-3,8-9H2,1H3,(H,20,26)(H,21,24)(H,22,23,27). The first-order valence-corrected chi connectivity index (χ1v) is 9.82. The Balaban J connectivity index is 1.47. The fourth-order valence-electron chi connectivity index (χ4n) is 2.40. The summed E-state index contributed by atoms with van der Waals surface area (Å²) in [6.45, 7) is -0.218. The molecule has 1 fully saturated rings. The molecule has 1 aliphatic rings. The largest absolute Gasteiger partial charge is 0.468 e. The lowest BCUT2D eigenvalue weighted by Crippen LogP contribution is -2.30. The molecule has 1 aliphatic carbocycles. The van der Waals surface area contributed by atoms with Crippen molar-refractivity contribution in [3.63, 3.8) is 0 Å². The molecular weight excluding hydrogens is 396 g/mol. The van der Waals surface area contributed by atoms with Gasteiger partial charge in [0.2, 0.25) is 11.8 Å². The smallest absolute Gasteiger partial charge is 0.325 e. The van der Waals surface area contributed by atoms with Crippen molar-refractivity contribution in [2.75, 3.05) is 24.3 Å². The van der Waals surface area contributed by atoms with E-state index in [0.717, 1.165) is 12.8 Å². The van der Waals surface area contributed by atoms with Gasteiger partial charge in [0, 0.05) is 22.5 Å². The lowest BCUT2D eigenvalue weighted by atomic mass is 10.2. The van der Waals surface area contributed by atoms with E-state index in [2.05, 4.69) is 25.7 Å². The second-order valence-corrected chi connectivity index (χ2v) is 7.33. The number of thiazole rings is 1. The highest BCUT2D eigenvalue weighted by Gasteiger charge is 2.30. The van der Waals surface area contributed by atoms with Gasteiger partial charge >= 0.3 is 5.97 Å². The van der Waals surface area contributed by atoms with Crippen LogP contribution in [-0.4, -0.2) is 42.3 Å². The molecule has 0 atom stereocenters. The van der Waals surface area contributed by atoms with Gasteiger partial charge < -0.3 is 20.7 Å². The van der Waals surface area contributed by atoms with Gasteiger partial charge in [-0.05, 0) is 37.1 Å². The zero-order valence-corrected chi connectivity index (χ0v) is 16.5. The minimum absolute atomic E-state index is 0.0222. The molecule has 3 amide bonds. The van der Waals surface area contributed by atoms with Crippen LogP contribution in [0.1, 0.15) is 28.9 Å². The molecule has 0 radical (unpaired) electrons. The highest BCUT2D eigenvalue weighted by atomic mass is 32.1. The first-order valence-electron chi connectivity index (χ1n) is 8.95. The van der Waals surface area contributed by atoms with Crippen LogP contribution in [-0.2, 0) is 25.5 Å². The topological polar surface area (TPSA) is 126 Å². The third-order valence-corrected chi connectivity index (χ3v) is 4.93. The lowest BCUT2D eigenvalue weighted by Gasteiger charge is -2.07.